The molecule has 1 aromatic carbocycles. The number of aromatic nitrogens is 1. The van der Waals surface area contributed by atoms with Gasteiger partial charge in [-0.25, -0.2) is 17.8 Å². The maximum Gasteiger partial charge on any atom is 0.253 e. The monoisotopic (exact) mass is 480 g/mol. The summed E-state index contributed by atoms with van der Waals surface area (Å²) in [5.74, 6) is -0.402. The Kier molecular flexibility index (Phi) is 5.45. The fourth-order valence-electron chi connectivity index (χ4n) is 4.15. The molecule has 7 nitrogen and oxygen atoms in total. The first-order valence-electron chi connectivity index (χ1n) is 10.1. The van der Waals surface area contributed by atoms with Crippen LogP contribution in [0.5, 0.6) is 0 Å². The molecule has 5 rings (SSSR count). The van der Waals surface area contributed by atoms with Gasteiger partial charge in [-0.05, 0) is 42.5 Å². The summed E-state index contributed by atoms with van der Waals surface area (Å²) >= 11 is 2.62. The summed E-state index contributed by atoms with van der Waals surface area (Å²) in [7, 11) is -3.65. The zero-order chi connectivity index (χ0) is 21.6. The third kappa shape index (κ3) is 3.84. The summed E-state index contributed by atoms with van der Waals surface area (Å²) in [6, 6.07) is 7.22. The number of hydrogen-bond donors (Lipinski definition) is 0. The van der Waals surface area contributed by atoms with Crippen LogP contribution in [0.25, 0.3) is 10.2 Å². The molecular weight excluding hydrogens is 459 g/mol. The maximum atomic E-state index is 13.5. The standard InChI is InChI=1S/C20H21FN4O3S3/c21-14-5-6-15-17(13-14)30-20(22-15)24-10-8-23(9-11-24)19(26)16-3-1-7-25(16)31(27,28)18-4-2-12-29-18/h2,4-6,12-13,16H,1,3,7-11H2/t16-/m0/s1. The molecule has 2 aliphatic rings. The Labute approximate surface area is 187 Å². The van der Waals surface area contributed by atoms with Crippen molar-refractivity contribution in [3.63, 3.8) is 0 Å². The van der Waals surface area contributed by atoms with E-state index in [1.54, 1.807) is 28.5 Å². The van der Waals surface area contributed by atoms with Gasteiger partial charge in [-0.3, -0.25) is 4.79 Å². The molecule has 0 radical (unpaired) electrons. The highest BCUT2D eigenvalue weighted by atomic mass is 32.2. The SMILES string of the molecule is O=C([C@@H]1CCCN1S(=O)(=O)c1cccs1)N1CCN(c2nc3ccc(F)cc3s2)CC1. The molecule has 2 saturated heterocycles. The van der Waals surface area contributed by atoms with Crippen LogP contribution in [0.15, 0.2) is 39.9 Å². The van der Waals surface area contributed by atoms with Crippen LogP contribution < -0.4 is 4.90 Å². The van der Waals surface area contributed by atoms with Gasteiger partial charge in [0.05, 0.1) is 10.2 Å². The summed E-state index contributed by atoms with van der Waals surface area (Å²) in [4.78, 5) is 21.6. The number of fused-ring (bicyclic) bond motifs is 1. The molecule has 4 heterocycles. The van der Waals surface area contributed by atoms with Gasteiger partial charge >= 0.3 is 0 Å². The minimum atomic E-state index is -3.65. The molecule has 0 aliphatic carbocycles. The lowest BCUT2D eigenvalue weighted by Crippen LogP contribution is -2.54. The lowest BCUT2D eigenvalue weighted by Gasteiger charge is -2.37. The summed E-state index contributed by atoms with van der Waals surface area (Å²) in [5, 5.41) is 2.55. The van der Waals surface area contributed by atoms with Crippen LogP contribution in [0.2, 0.25) is 0 Å². The van der Waals surface area contributed by atoms with Crippen molar-refractivity contribution in [2.24, 2.45) is 0 Å². The van der Waals surface area contributed by atoms with Crippen molar-refractivity contribution in [2.75, 3.05) is 37.6 Å². The van der Waals surface area contributed by atoms with E-state index in [0.29, 0.717) is 45.6 Å². The number of amides is 1. The lowest BCUT2D eigenvalue weighted by atomic mass is 10.2. The number of nitrogens with zero attached hydrogens (tertiary/aromatic N) is 4. The van der Waals surface area contributed by atoms with Crippen LogP contribution >= 0.6 is 22.7 Å². The largest absolute Gasteiger partial charge is 0.345 e. The van der Waals surface area contributed by atoms with Gasteiger partial charge in [-0.1, -0.05) is 17.4 Å². The summed E-state index contributed by atoms with van der Waals surface area (Å²) < 4.78 is 41.8. The van der Waals surface area contributed by atoms with E-state index in [1.165, 1.54) is 39.1 Å². The highest BCUT2D eigenvalue weighted by molar-refractivity contribution is 7.91. The van der Waals surface area contributed by atoms with Crippen LogP contribution in [0, 0.1) is 5.82 Å². The van der Waals surface area contributed by atoms with Crippen LogP contribution in [-0.4, -0.2) is 67.3 Å². The predicted molar refractivity (Wildman–Crippen MR) is 120 cm³/mol. The van der Waals surface area contributed by atoms with Gasteiger partial charge in [0.25, 0.3) is 10.0 Å². The molecule has 1 atom stereocenters. The molecule has 164 valence electrons. The number of piperazine rings is 1. The minimum Gasteiger partial charge on any atom is -0.345 e. The normalized spacial score (nSPS) is 20.6. The van der Waals surface area contributed by atoms with Crippen molar-refractivity contribution in [1.29, 1.82) is 0 Å². The van der Waals surface area contributed by atoms with Crippen molar-refractivity contribution in [2.45, 2.75) is 23.1 Å². The van der Waals surface area contributed by atoms with Crippen molar-refractivity contribution < 1.29 is 17.6 Å². The highest BCUT2D eigenvalue weighted by Crippen LogP contribution is 2.32. The molecule has 2 aromatic heterocycles. The Morgan fingerprint density at radius 2 is 1.94 bits per heavy atom. The number of thiazole rings is 1. The van der Waals surface area contributed by atoms with E-state index in [4.69, 9.17) is 0 Å². The van der Waals surface area contributed by atoms with Gasteiger partial charge in [0.15, 0.2) is 5.13 Å². The van der Waals surface area contributed by atoms with Crippen molar-refractivity contribution >= 4 is 54.0 Å². The number of halogens is 1. The van der Waals surface area contributed by atoms with Gasteiger partial charge in [0, 0.05) is 32.7 Å². The fraction of sp³-hybridized carbons (Fsp3) is 0.400. The molecule has 2 fully saturated rings. The number of anilines is 1. The van der Waals surface area contributed by atoms with Gasteiger partial charge in [-0.2, -0.15) is 4.31 Å². The lowest BCUT2D eigenvalue weighted by molar-refractivity contribution is -0.134. The Bertz CT molecular complexity index is 1200. The molecule has 0 bridgehead atoms. The quantitative estimate of drug-likeness (QED) is 0.574. The second kappa shape index (κ2) is 8.12. The van der Waals surface area contributed by atoms with Crippen molar-refractivity contribution in [3.05, 3.63) is 41.5 Å². The van der Waals surface area contributed by atoms with E-state index >= 15 is 0 Å². The van der Waals surface area contributed by atoms with E-state index in [-0.39, 0.29) is 15.9 Å². The van der Waals surface area contributed by atoms with Gasteiger partial charge in [0.1, 0.15) is 16.1 Å². The first-order chi connectivity index (χ1) is 14.9. The summed E-state index contributed by atoms with van der Waals surface area (Å²) in [6.07, 6.45) is 1.23. The molecule has 3 aromatic rings. The van der Waals surface area contributed by atoms with Crippen LogP contribution in [0.4, 0.5) is 9.52 Å². The average molecular weight is 481 g/mol. The smallest absolute Gasteiger partial charge is 0.253 e. The summed E-state index contributed by atoms with van der Waals surface area (Å²) in [6.45, 7) is 2.61. The van der Waals surface area contributed by atoms with Crippen molar-refractivity contribution in [3.8, 4) is 0 Å². The van der Waals surface area contributed by atoms with Gasteiger partial charge in [-0.15, -0.1) is 11.3 Å². The molecule has 1 amide bonds. The number of carbonyl (C=O) groups is 1. The van der Waals surface area contributed by atoms with Crippen LogP contribution in [0.1, 0.15) is 12.8 Å². The molecule has 31 heavy (non-hydrogen) atoms. The second-order valence-corrected chi connectivity index (χ2v) is 11.7. The number of thiophene rings is 1. The third-order valence-corrected chi connectivity index (χ3v) is 10.1. The van der Waals surface area contributed by atoms with E-state index in [0.717, 1.165) is 15.3 Å². The minimum absolute atomic E-state index is 0.122. The molecule has 0 saturated carbocycles. The molecule has 0 N–H and O–H groups in total. The Balaban J connectivity index is 1.27. The number of hydrogen-bond acceptors (Lipinski definition) is 7. The predicted octanol–water partition coefficient (Wildman–Crippen LogP) is 3.00. The number of rotatable bonds is 4. The van der Waals surface area contributed by atoms with Gasteiger partial charge < -0.3 is 9.80 Å². The first-order valence-corrected chi connectivity index (χ1v) is 13.2. The van der Waals surface area contributed by atoms with E-state index < -0.39 is 16.1 Å². The Morgan fingerprint density at radius 1 is 1.13 bits per heavy atom. The second-order valence-electron chi connectivity index (χ2n) is 7.63. The maximum absolute atomic E-state index is 13.5. The molecule has 0 spiro atoms. The zero-order valence-electron chi connectivity index (χ0n) is 16.6. The summed E-state index contributed by atoms with van der Waals surface area (Å²) in [5.41, 5.74) is 0.764. The zero-order valence-corrected chi connectivity index (χ0v) is 19.1. The topological polar surface area (TPSA) is 73.8 Å². The van der Waals surface area contributed by atoms with Crippen LogP contribution in [0.3, 0.4) is 0 Å². The van der Waals surface area contributed by atoms with E-state index in [2.05, 4.69) is 9.88 Å². The number of sulfonamides is 1. The third-order valence-electron chi connectivity index (χ3n) is 5.75. The Morgan fingerprint density at radius 3 is 2.68 bits per heavy atom. The fourth-order valence-corrected chi connectivity index (χ4v) is 7.96. The molecule has 0 unspecified atom stereocenters. The average Bonchev–Trinajstić information content (AvgIpc) is 3.53. The Hall–Kier alpha value is -2.08. The van der Waals surface area contributed by atoms with E-state index in [9.17, 15) is 17.6 Å². The van der Waals surface area contributed by atoms with E-state index in [1.807, 2.05) is 0 Å². The highest BCUT2D eigenvalue weighted by Gasteiger charge is 2.42. The molecule has 11 heteroatoms. The van der Waals surface area contributed by atoms with Crippen LogP contribution in [-0.2, 0) is 14.8 Å². The number of carbonyl (C=O) groups excluding carboxylic acids is 1. The molecule has 2 aliphatic heterocycles. The molecular formula is C20H21FN4O3S3. The van der Waals surface area contributed by atoms with Crippen molar-refractivity contribution in [1.82, 2.24) is 14.2 Å². The van der Waals surface area contributed by atoms with Gasteiger partial charge in [0.2, 0.25) is 5.91 Å². The first kappa shape index (κ1) is 20.8. The number of benzene rings is 1.